The first-order chi connectivity index (χ1) is 9.79. The number of hydrogen-bond acceptors (Lipinski definition) is 4. The van der Waals surface area contributed by atoms with Crippen molar-refractivity contribution in [1.82, 2.24) is 5.32 Å². The van der Waals surface area contributed by atoms with E-state index in [1.165, 1.54) is 6.07 Å². The Balaban J connectivity index is 2.09. The maximum Gasteiger partial charge on any atom is 0.261 e. The van der Waals surface area contributed by atoms with Crippen LogP contribution in [0.15, 0.2) is 23.1 Å². The zero-order valence-electron chi connectivity index (χ0n) is 11.9. The maximum atomic E-state index is 12.1. The first kappa shape index (κ1) is 16.3. The first-order valence-electron chi connectivity index (χ1n) is 6.74. The molecule has 0 spiro atoms. The van der Waals surface area contributed by atoms with E-state index >= 15 is 0 Å². The molecule has 0 aliphatic carbocycles. The SMILES string of the molecule is Cc1ccc(C(=O)NCC2CCOC2C)cc1S(=O)(=O)Cl. The highest BCUT2D eigenvalue weighted by molar-refractivity contribution is 8.13. The summed E-state index contributed by atoms with van der Waals surface area (Å²) >= 11 is 0. The summed E-state index contributed by atoms with van der Waals surface area (Å²) in [6.45, 7) is 4.83. The van der Waals surface area contributed by atoms with Crippen LogP contribution in [0, 0.1) is 12.8 Å². The lowest BCUT2D eigenvalue weighted by Gasteiger charge is -2.15. The van der Waals surface area contributed by atoms with Crippen LogP contribution in [0.3, 0.4) is 0 Å². The summed E-state index contributed by atoms with van der Waals surface area (Å²) in [6, 6.07) is 4.47. The molecule has 116 valence electrons. The number of amides is 1. The van der Waals surface area contributed by atoms with Gasteiger partial charge in [0.1, 0.15) is 0 Å². The molecule has 1 heterocycles. The van der Waals surface area contributed by atoms with Gasteiger partial charge < -0.3 is 10.1 Å². The van der Waals surface area contributed by atoms with Crippen LogP contribution >= 0.6 is 10.7 Å². The van der Waals surface area contributed by atoms with E-state index in [9.17, 15) is 13.2 Å². The topological polar surface area (TPSA) is 72.5 Å². The van der Waals surface area contributed by atoms with Crippen molar-refractivity contribution in [2.24, 2.45) is 5.92 Å². The van der Waals surface area contributed by atoms with E-state index in [4.69, 9.17) is 15.4 Å². The normalized spacial score (nSPS) is 22.2. The highest BCUT2D eigenvalue weighted by Gasteiger charge is 2.25. The van der Waals surface area contributed by atoms with Gasteiger partial charge in [-0.3, -0.25) is 4.79 Å². The molecule has 1 fully saturated rings. The van der Waals surface area contributed by atoms with E-state index < -0.39 is 9.05 Å². The Labute approximate surface area is 129 Å². The summed E-state index contributed by atoms with van der Waals surface area (Å²) < 4.78 is 28.3. The minimum atomic E-state index is -3.86. The number of aryl methyl sites for hydroxylation is 1. The second-order valence-electron chi connectivity index (χ2n) is 5.25. The third-order valence-electron chi connectivity index (χ3n) is 3.77. The molecule has 1 aliphatic heterocycles. The summed E-state index contributed by atoms with van der Waals surface area (Å²) in [5, 5.41) is 2.81. The summed E-state index contributed by atoms with van der Waals surface area (Å²) in [4.78, 5) is 12.1. The number of ether oxygens (including phenoxy) is 1. The Kier molecular flexibility index (Phi) is 4.91. The van der Waals surface area contributed by atoms with E-state index in [2.05, 4.69) is 5.32 Å². The Morgan fingerprint density at radius 3 is 2.76 bits per heavy atom. The number of rotatable bonds is 4. The number of halogens is 1. The van der Waals surface area contributed by atoms with E-state index in [1.54, 1.807) is 19.1 Å². The molecule has 0 bridgehead atoms. The minimum Gasteiger partial charge on any atom is -0.378 e. The third-order valence-corrected chi connectivity index (χ3v) is 5.23. The fourth-order valence-corrected chi connectivity index (χ4v) is 3.59. The van der Waals surface area contributed by atoms with Crippen molar-refractivity contribution in [2.45, 2.75) is 31.3 Å². The van der Waals surface area contributed by atoms with Gasteiger partial charge in [0.05, 0.1) is 11.0 Å². The molecular formula is C14H18ClNO4S. The second-order valence-corrected chi connectivity index (χ2v) is 7.79. The van der Waals surface area contributed by atoms with Gasteiger partial charge in [0.25, 0.3) is 15.0 Å². The molecule has 0 radical (unpaired) electrons. The highest BCUT2D eigenvalue weighted by atomic mass is 35.7. The van der Waals surface area contributed by atoms with Crippen LogP contribution in [0.5, 0.6) is 0 Å². The molecule has 1 aromatic rings. The smallest absolute Gasteiger partial charge is 0.261 e. The van der Waals surface area contributed by atoms with Crippen LogP contribution in [-0.4, -0.2) is 33.6 Å². The van der Waals surface area contributed by atoms with Crippen LogP contribution in [0.2, 0.25) is 0 Å². The molecule has 2 atom stereocenters. The predicted octanol–water partition coefficient (Wildman–Crippen LogP) is 2.08. The van der Waals surface area contributed by atoms with E-state index in [-0.39, 0.29) is 28.4 Å². The van der Waals surface area contributed by atoms with Crippen molar-refractivity contribution in [3.63, 3.8) is 0 Å². The number of hydrogen-bond donors (Lipinski definition) is 1. The number of carbonyl (C=O) groups is 1. The predicted molar refractivity (Wildman–Crippen MR) is 80.1 cm³/mol. The van der Waals surface area contributed by atoms with Crippen molar-refractivity contribution in [3.8, 4) is 0 Å². The zero-order valence-corrected chi connectivity index (χ0v) is 13.5. The van der Waals surface area contributed by atoms with Crippen molar-refractivity contribution in [1.29, 1.82) is 0 Å². The molecule has 5 nitrogen and oxygen atoms in total. The van der Waals surface area contributed by atoms with Gasteiger partial charge in [-0.25, -0.2) is 8.42 Å². The Bertz CT molecular complexity index is 644. The van der Waals surface area contributed by atoms with Crippen molar-refractivity contribution in [3.05, 3.63) is 29.3 Å². The first-order valence-corrected chi connectivity index (χ1v) is 9.05. The molecule has 0 aromatic heterocycles. The van der Waals surface area contributed by atoms with Gasteiger partial charge in [-0.2, -0.15) is 0 Å². The van der Waals surface area contributed by atoms with Crippen molar-refractivity contribution < 1.29 is 17.9 Å². The highest BCUT2D eigenvalue weighted by Crippen LogP contribution is 2.22. The van der Waals surface area contributed by atoms with Crippen LogP contribution in [0.25, 0.3) is 0 Å². The molecule has 2 rings (SSSR count). The fourth-order valence-electron chi connectivity index (χ4n) is 2.37. The quantitative estimate of drug-likeness (QED) is 0.857. The van der Waals surface area contributed by atoms with Gasteiger partial charge in [0, 0.05) is 35.3 Å². The van der Waals surface area contributed by atoms with Crippen LogP contribution in [-0.2, 0) is 13.8 Å². The summed E-state index contributed by atoms with van der Waals surface area (Å²) in [6.07, 6.45) is 1.04. The largest absolute Gasteiger partial charge is 0.378 e. The monoisotopic (exact) mass is 331 g/mol. The molecule has 1 aromatic carbocycles. The van der Waals surface area contributed by atoms with E-state index in [1.807, 2.05) is 6.92 Å². The number of nitrogens with one attached hydrogen (secondary N) is 1. The van der Waals surface area contributed by atoms with Gasteiger partial charge in [0.15, 0.2) is 0 Å². The number of carbonyl (C=O) groups excluding carboxylic acids is 1. The second kappa shape index (κ2) is 6.34. The van der Waals surface area contributed by atoms with Gasteiger partial charge in [0.2, 0.25) is 0 Å². The van der Waals surface area contributed by atoms with Crippen molar-refractivity contribution >= 4 is 25.6 Å². The van der Waals surface area contributed by atoms with Gasteiger partial charge in [-0.1, -0.05) is 6.07 Å². The average molecular weight is 332 g/mol. The molecule has 0 saturated carbocycles. The molecule has 7 heteroatoms. The summed E-state index contributed by atoms with van der Waals surface area (Å²) in [5.41, 5.74) is 0.797. The molecule has 1 saturated heterocycles. The average Bonchev–Trinajstić information content (AvgIpc) is 2.80. The van der Waals surface area contributed by atoms with E-state index in [0.717, 1.165) is 6.42 Å². The van der Waals surface area contributed by atoms with Gasteiger partial charge in [-0.05, 0) is 38.0 Å². The van der Waals surface area contributed by atoms with Crippen LogP contribution in [0.4, 0.5) is 0 Å². The Morgan fingerprint density at radius 1 is 1.48 bits per heavy atom. The van der Waals surface area contributed by atoms with Crippen LogP contribution < -0.4 is 5.32 Å². The minimum absolute atomic E-state index is 0.0330. The molecule has 1 aliphatic rings. The fraction of sp³-hybridized carbons (Fsp3) is 0.500. The van der Waals surface area contributed by atoms with Crippen molar-refractivity contribution in [2.75, 3.05) is 13.2 Å². The molecule has 21 heavy (non-hydrogen) atoms. The molecule has 1 N–H and O–H groups in total. The van der Waals surface area contributed by atoms with Gasteiger partial charge in [-0.15, -0.1) is 0 Å². The zero-order chi connectivity index (χ0) is 15.6. The van der Waals surface area contributed by atoms with Crippen LogP contribution in [0.1, 0.15) is 29.3 Å². The summed E-state index contributed by atoms with van der Waals surface area (Å²) in [5.74, 6) is -0.0219. The Morgan fingerprint density at radius 2 is 2.19 bits per heavy atom. The third kappa shape index (κ3) is 3.96. The van der Waals surface area contributed by atoms with Gasteiger partial charge >= 0.3 is 0 Å². The van der Waals surface area contributed by atoms with E-state index in [0.29, 0.717) is 18.7 Å². The lowest BCUT2D eigenvalue weighted by Crippen LogP contribution is -2.32. The maximum absolute atomic E-state index is 12.1. The lowest BCUT2D eigenvalue weighted by molar-refractivity contribution is 0.0907. The summed E-state index contributed by atoms with van der Waals surface area (Å²) in [7, 11) is 1.51. The lowest BCUT2D eigenvalue weighted by atomic mass is 10.0. The molecular weight excluding hydrogens is 314 g/mol. The molecule has 2 unspecified atom stereocenters. The molecule has 1 amide bonds. The number of benzene rings is 1. The Hall–Kier alpha value is -1.11. The standard InChI is InChI=1S/C14H18ClNO4S/c1-9-3-4-11(7-13(9)21(15,18)19)14(17)16-8-12-5-6-20-10(12)2/h3-4,7,10,12H,5-6,8H2,1-2H3,(H,16,17).